The van der Waals surface area contributed by atoms with Gasteiger partial charge in [-0.05, 0) is 24.3 Å². The number of hydrogen-bond acceptors (Lipinski definition) is 21. The van der Waals surface area contributed by atoms with Crippen LogP contribution in [0.2, 0.25) is 0 Å². The number of phenolic OH excluding ortho intramolecular Hbond substituents is 1. The number of rotatable bonds is 11. The fraction of sp³-hybridized carbons (Fsp3) is 0.559. The summed E-state index contributed by atoms with van der Waals surface area (Å²) in [6, 6.07) is 7.85. The van der Waals surface area contributed by atoms with Gasteiger partial charge in [-0.1, -0.05) is 0 Å². The van der Waals surface area contributed by atoms with E-state index in [0.29, 0.717) is 0 Å². The van der Waals surface area contributed by atoms with Gasteiger partial charge in [0, 0.05) is 17.7 Å². The molecule has 21 heteroatoms. The molecule has 6 rings (SSSR count). The van der Waals surface area contributed by atoms with Crippen LogP contribution in [0.4, 0.5) is 0 Å². The van der Waals surface area contributed by atoms with Crippen molar-refractivity contribution >= 4 is 11.0 Å². The van der Waals surface area contributed by atoms with Gasteiger partial charge in [0.15, 0.2) is 12.1 Å². The highest BCUT2D eigenvalue weighted by atomic mass is 16.7. The molecule has 0 bridgehead atoms. The molecule has 0 saturated carbocycles. The Morgan fingerprint density at radius 3 is 1.73 bits per heavy atom. The summed E-state index contributed by atoms with van der Waals surface area (Å²) in [5.74, 6) is -1.38. The topological polar surface area (TPSA) is 338 Å². The molecule has 3 aromatic rings. The summed E-state index contributed by atoms with van der Waals surface area (Å²) in [4.78, 5) is 14.0. The third kappa shape index (κ3) is 7.83. The Morgan fingerprint density at radius 2 is 1.15 bits per heavy atom. The quantitative estimate of drug-likeness (QED) is 0.0869. The summed E-state index contributed by atoms with van der Waals surface area (Å²) in [6.45, 7) is -2.37. The van der Waals surface area contributed by atoms with E-state index in [1.54, 1.807) is 0 Å². The highest BCUT2D eigenvalue weighted by Crippen LogP contribution is 2.39. The van der Waals surface area contributed by atoms with E-state index in [0.717, 1.165) is 6.07 Å². The summed E-state index contributed by atoms with van der Waals surface area (Å²) in [6.07, 6.45) is -25.6. The molecule has 3 aliphatic rings. The summed E-state index contributed by atoms with van der Waals surface area (Å²) < 4.78 is 44.7. The lowest BCUT2D eigenvalue weighted by Gasteiger charge is -2.45. The van der Waals surface area contributed by atoms with Crippen molar-refractivity contribution in [1.29, 1.82) is 0 Å². The van der Waals surface area contributed by atoms with Crippen LogP contribution in [0, 0.1) is 0 Å². The second-order valence-electron chi connectivity index (χ2n) is 13.1. The molecule has 0 aliphatic carbocycles. The number of phenols is 1. The van der Waals surface area contributed by atoms with Gasteiger partial charge in [-0.15, -0.1) is 0 Å². The smallest absolute Gasteiger partial charge is 0.239 e. The Bertz CT molecular complexity index is 1810. The number of ether oxygens (including phenoxy) is 7. The highest BCUT2D eigenvalue weighted by molar-refractivity contribution is 5.88. The molecular formula is C34H42O21. The number of methoxy groups -OCH3 is 1. The van der Waals surface area contributed by atoms with Crippen molar-refractivity contribution in [3.8, 4) is 34.3 Å². The zero-order chi connectivity index (χ0) is 39.9. The van der Waals surface area contributed by atoms with E-state index < -0.39 is 129 Å². The van der Waals surface area contributed by atoms with Crippen LogP contribution in [0.5, 0.6) is 23.0 Å². The normalized spacial score (nSPS) is 36.8. The predicted molar refractivity (Wildman–Crippen MR) is 178 cm³/mol. The van der Waals surface area contributed by atoms with E-state index in [1.807, 2.05) is 0 Å². The summed E-state index contributed by atoms with van der Waals surface area (Å²) in [5.41, 5.74) is -1.04. The van der Waals surface area contributed by atoms with Crippen molar-refractivity contribution < 1.29 is 98.9 Å². The average molecular weight is 787 g/mol. The van der Waals surface area contributed by atoms with Crippen LogP contribution < -0.4 is 19.6 Å². The van der Waals surface area contributed by atoms with Gasteiger partial charge in [-0.25, -0.2) is 0 Å². The monoisotopic (exact) mass is 786 g/mol. The number of aromatic hydroxyl groups is 1. The summed E-state index contributed by atoms with van der Waals surface area (Å²) in [7, 11) is 1.31. The number of benzene rings is 2. The Morgan fingerprint density at radius 1 is 0.618 bits per heavy atom. The van der Waals surface area contributed by atoms with E-state index >= 15 is 0 Å². The fourth-order valence-electron chi connectivity index (χ4n) is 6.43. The molecule has 2 aromatic carbocycles. The third-order valence-electron chi connectivity index (χ3n) is 9.55. The Labute approximate surface area is 309 Å². The molecule has 1 aromatic heterocycles. The van der Waals surface area contributed by atoms with Crippen LogP contribution in [0.1, 0.15) is 0 Å². The van der Waals surface area contributed by atoms with E-state index in [-0.39, 0.29) is 33.8 Å². The molecule has 304 valence electrons. The molecule has 15 unspecified atom stereocenters. The molecular weight excluding hydrogens is 744 g/mol. The SMILES string of the molecule is COc1cc(O)c2c(=O)c(OC3OC(CO)C(OC4OC(CO)C(O)C(O)C4O)C(O)C3O)c(-c3ccc(OC4OC(CO)C(O)C(O)C4O)cc3)oc2c1. The maximum absolute atomic E-state index is 14.0. The van der Waals surface area contributed by atoms with Gasteiger partial charge in [0.2, 0.25) is 23.8 Å². The van der Waals surface area contributed by atoms with Gasteiger partial charge in [0.05, 0.1) is 26.9 Å². The summed E-state index contributed by atoms with van der Waals surface area (Å²) in [5, 5.41) is 123. The first kappa shape index (κ1) is 40.9. The van der Waals surface area contributed by atoms with Gasteiger partial charge in [0.25, 0.3) is 0 Å². The standard InChI is InChI=1S/C34H42O21/c1-48-13-6-14(38)19-15(7-13)50-29(11-2-4-12(5-3-11)49-32-26(45)23(42)20(39)16(8-35)51-32)31(22(19)41)55-34-28(47)25(44)30(18(10-37)53-34)54-33-27(46)24(43)21(40)17(9-36)52-33/h2-7,16-18,20-21,23-28,30,32-40,42-47H,8-10H2,1H3. The van der Waals surface area contributed by atoms with Crippen LogP contribution in [-0.4, -0.2) is 180 Å². The van der Waals surface area contributed by atoms with Crippen LogP contribution in [0.3, 0.4) is 0 Å². The van der Waals surface area contributed by atoms with Gasteiger partial charge in [0.1, 0.15) is 101 Å². The first-order valence-corrected chi connectivity index (χ1v) is 16.9. The number of hydrogen-bond donors (Lipinski definition) is 12. The minimum atomic E-state index is -2.06. The first-order valence-electron chi connectivity index (χ1n) is 16.9. The fourth-order valence-corrected chi connectivity index (χ4v) is 6.43. The molecule has 0 amide bonds. The largest absolute Gasteiger partial charge is 0.507 e. The van der Waals surface area contributed by atoms with Gasteiger partial charge < -0.3 is 98.9 Å². The van der Waals surface area contributed by atoms with Crippen molar-refractivity contribution in [1.82, 2.24) is 0 Å². The van der Waals surface area contributed by atoms with E-state index in [1.165, 1.54) is 37.4 Å². The van der Waals surface area contributed by atoms with Gasteiger partial charge >= 0.3 is 0 Å². The molecule has 55 heavy (non-hydrogen) atoms. The van der Waals surface area contributed by atoms with Gasteiger partial charge in [-0.2, -0.15) is 0 Å². The molecule has 3 saturated heterocycles. The molecule has 12 N–H and O–H groups in total. The minimum Gasteiger partial charge on any atom is -0.507 e. The van der Waals surface area contributed by atoms with Crippen LogP contribution in [-0.2, 0) is 18.9 Å². The van der Waals surface area contributed by atoms with Crippen LogP contribution in [0.15, 0.2) is 45.6 Å². The number of aliphatic hydroxyl groups excluding tert-OH is 11. The van der Waals surface area contributed by atoms with Crippen molar-refractivity contribution in [2.24, 2.45) is 0 Å². The second kappa shape index (κ2) is 16.8. The van der Waals surface area contributed by atoms with Crippen molar-refractivity contribution in [2.45, 2.75) is 92.1 Å². The number of fused-ring (bicyclic) bond motifs is 1. The van der Waals surface area contributed by atoms with Crippen molar-refractivity contribution in [2.75, 3.05) is 26.9 Å². The molecule has 3 fully saturated rings. The maximum atomic E-state index is 14.0. The van der Waals surface area contributed by atoms with Crippen molar-refractivity contribution in [3.05, 3.63) is 46.6 Å². The maximum Gasteiger partial charge on any atom is 0.239 e. The zero-order valence-corrected chi connectivity index (χ0v) is 28.8. The Balaban J connectivity index is 1.30. The average Bonchev–Trinajstić information content (AvgIpc) is 3.18. The second-order valence-corrected chi connectivity index (χ2v) is 13.1. The first-order chi connectivity index (χ1) is 26.2. The molecule has 0 spiro atoms. The molecule has 3 aliphatic heterocycles. The lowest BCUT2D eigenvalue weighted by Crippen LogP contribution is -2.65. The van der Waals surface area contributed by atoms with Crippen LogP contribution in [0.25, 0.3) is 22.3 Å². The highest BCUT2D eigenvalue weighted by Gasteiger charge is 2.51. The molecule has 0 radical (unpaired) electrons. The molecule has 21 nitrogen and oxygen atoms in total. The van der Waals surface area contributed by atoms with Gasteiger partial charge in [-0.3, -0.25) is 4.79 Å². The third-order valence-corrected chi connectivity index (χ3v) is 9.55. The molecule has 15 atom stereocenters. The summed E-state index contributed by atoms with van der Waals surface area (Å²) >= 11 is 0. The predicted octanol–water partition coefficient (Wildman–Crippen LogP) is -4.64. The van der Waals surface area contributed by atoms with E-state index in [2.05, 4.69) is 0 Å². The van der Waals surface area contributed by atoms with E-state index in [9.17, 15) is 66.1 Å². The molecule has 4 heterocycles. The zero-order valence-electron chi connectivity index (χ0n) is 28.8. The van der Waals surface area contributed by atoms with Crippen LogP contribution >= 0.6 is 0 Å². The van der Waals surface area contributed by atoms with Crippen molar-refractivity contribution in [3.63, 3.8) is 0 Å². The lowest BCUT2D eigenvalue weighted by atomic mass is 9.97. The number of aliphatic hydroxyl groups is 11. The minimum absolute atomic E-state index is 0.0448. The lowest BCUT2D eigenvalue weighted by molar-refractivity contribution is -0.352. The Hall–Kier alpha value is -3.75. The Kier molecular flexibility index (Phi) is 12.5. The van der Waals surface area contributed by atoms with E-state index in [4.69, 9.17) is 37.6 Å².